The van der Waals surface area contributed by atoms with Gasteiger partial charge < -0.3 is 25.2 Å². The number of piperazine rings is 1. The van der Waals surface area contributed by atoms with Crippen LogP contribution in [0.25, 0.3) is 17.1 Å². The first kappa shape index (κ1) is 37.7. The van der Waals surface area contributed by atoms with Gasteiger partial charge in [0.05, 0.1) is 36.9 Å². The van der Waals surface area contributed by atoms with Gasteiger partial charge in [-0.1, -0.05) is 44.1 Å². The van der Waals surface area contributed by atoms with Crippen LogP contribution in [0.15, 0.2) is 54.6 Å². The van der Waals surface area contributed by atoms with Crippen molar-refractivity contribution in [3.05, 3.63) is 76.9 Å². The zero-order valence-corrected chi connectivity index (χ0v) is 31.6. The molecule has 2 atom stereocenters. The molecule has 0 spiro atoms. The number of phenols is 2. The standard InChI is InChI=1S/C41H47N7O7/c1-5-27-34(49)14-13-33(38(27)53)47-22-31-28(40(47)54)7-6-8-32(31)42-37(52)23-46-17-15-45(16-18-46)21-25-9-11-26(12-10-25)48-39(43-44-41(48)55-4)30-19-29(24(2)3)35(50)20-36(30)51/h6-12,19-20,24,27,33,50-51H,5,13-18,21-23H2,1-4H3,(H,42,52). The lowest BCUT2D eigenvalue weighted by molar-refractivity contribution is -0.139. The van der Waals surface area contributed by atoms with E-state index in [9.17, 15) is 29.4 Å². The molecule has 4 aromatic rings. The van der Waals surface area contributed by atoms with Gasteiger partial charge >= 0.3 is 6.01 Å². The van der Waals surface area contributed by atoms with Crippen molar-refractivity contribution >= 4 is 29.1 Å². The van der Waals surface area contributed by atoms with E-state index in [0.29, 0.717) is 59.7 Å². The molecule has 1 aliphatic carbocycles. The monoisotopic (exact) mass is 749 g/mol. The Morgan fingerprint density at radius 2 is 1.67 bits per heavy atom. The molecule has 2 amide bonds. The molecule has 3 heterocycles. The maximum absolute atomic E-state index is 13.4. The number of hydrogen-bond donors (Lipinski definition) is 3. The number of benzene rings is 3. The number of Topliss-reactive ketones (excluding diaryl/α,β-unsaturated/α-hetero) is 2. The van der Waals surface area contributed by atoms with Crippen LogP contribution in [-0.4, -0.2) is 109 Å². The number of rotatable bonds is 11. The number of methoxy groups -OCH3 is 1. The predicted molar refractivity (Wildman–Crippen MR) is 204 cm³/mol. The van der Waals surface area contributed by atoms with Crippen molar-refractivity contribution in [2.24, 2.45) is 5.92 Å². The number of carbonyl (C=O) groups excluding carboxylic acids is 4. The summed E-state index contributed by atoms with van der Waals surface area (Å²) in [5, 5.41) is 32.6. The van der Waals surface area contributed by atoms with E-state index in [1.165, 1.54) is 13.2 Å². The molecule has 2 unspecified atom stereocenters. The number of ketones is 2. The van der Waals surface area contributed by atoms with Gasteiger partial charge in [-0.05, 0) is 60.2 Å². The number of hydrogen-bond acceptors (Lipinski definition) is 11. The Labute approximate surface area is 319 Å². The summed E-state index contributed by atoms with van der Waals surface area (Å²) in [6, 6.07) is 15.9. The van der Waals surface area contributed by atoms with E-state index in [4.69, 9.17) is 4.74 Å². The van der Waals surface area contributed by atoms with Crippen LogP contribution >= 0.6 is 0 Å². The second kappa shape index (κ2) is 15.6. The van der Waals surface area contributed by atoms with Gasteiger partial charge in [0.15, 0.2) is 11.6 Å². The fourth-order valence-corrected chi connectivity index (χ4v) is 8.00. The van der Waals surface area contributed by atoms with Crippen LogP contribution in [0.2, 0.25) is 0 Å². The molecule has 288 valence electrons. The van der Waals surface area contributed by atoms with Crippen molar-refractivity contribution in [3.8, 4) is 34.6 Å². The number of nitrogens with one attached hydrogen (secondary N) is 1. The second-order valence-corrected chi connectivity index (χ2v) is 14.8. The lowest BCUT2D eigenvalue weighted by Crippen LogP contribution is -2.49. The molecular formula is C41H47N7O7. The molecule has 0 radical (unpaired) electrons. The van der Waals surface area contributed by atoms with Crippen molar-refractivity contribution in [2.45, 2.75) is 65.1 Å². The summed E-state index contributed by atoms with van der Waals surface area (Å²) in [7, 11) is 1.51. The summed E-state index contributed by atoms with van der Waals surface area (Å²) in [6.45, 7) is 9.87. The molecule has 0 bridgehead atoms. The number of aromatic nitrogens is 3. The summed E-state index contributed by atoms with van der Waals surface area (Å²) < 4.78 is 7.24. The predicted octanol–water partition coefficient (Wildman–Crippen LogP) is 4.52. The molecule has 1 saturated carbocycles. The molecule has 3 aliphatic rings. The van der Waals surface area contributed by atoms with Crippen molar-refractivity contribution in [1.29, 1.82) is 0 Å². The SMILES string of the molecule is CCC1C(=O)CCC(N2Cc3c(NC(=O)CN4CCN(Cc5ccc(-n6c(OC)nnc6-c6cc(C(C)C)c(O)cc6O)cc5)CC4)cccc3C2=O)C1=O. The molecule has 2 fully saturated rings. The van der Waals surface area contributed by atoms with Gasteiger partial charge in [0.25, 0.3) is 5.91 Å². The molecule has 14 nitrogen and oxygen atoms in total. The van der Waals surface area contributed by atoms with E-state index in [-0.39, 0.29) is 66.3 Å². The van der Waals surface area contributed by atoms with Crippen LogP contribution < -0.4 is 10.1 Å². The highest BCUT2D eigenvalue weighted by molar-refractivity contribution is 6.10. The van der Waals surface area contributed by atoms with Crippen molar-refractivity contribution < 1.29 is 34.1 Å². The van der Waals surface area contributed by atoms with Gasteiger partial charge in [0.2, 0.25) is 5.91 Å². The first-order chi connectivity index (χ1) is 26.5. The third-order valence-electron chi connectivity index (χ3n) is 11.0. The Bertz CT molecular complexity index is 2120. The Balaban J connectivity index is 0.944. The molecule has 3 aromatic carbocycles. The number of phenolic OH excluding ortho intramolecular Hbond substituents is 2. The lowest BCUT2D eigenvalue weighted by Gasteiger charge is -2.34. The highest BCUT2D eigenvalue weighted by Crippen LogP contribution is 2.39. The number of ether oxygens (including phenoxy) is 1. The average molecular weight is 750 g/mol. The molecule has 14 heteroatoms. The quantitative estimate of drug-likeness (QED) is 0.184. The Hall–Kier alpha value is -5.60. The number of carbonyl (C=O) groups is 4. The maximum atomic E-state index is 13.4. The van der Waals surface area contributed by atoms with Gasteiger partial charge in [0.1, 0.15) is 17.3 Å². The van der Waals surface area contributed by atoms with Crippen LogP contribution in [0, 0.1) is 5.92 Å². The van der Waals surface area contributed by atoms with Crippen molar-refractivity contribution in [1.82, 2.24) is 29.5 Å². The van der Waals surface area contributed by atoms with E-state index in [1.54, 1.807) is 33.7 Å². The molecule has 3 N–H and O–H groups in total. The minimum absolute atomic E-state index is 0.0184. The first-order valence-corrected chi connectivity index (χ1v) is 18.9. The van der Waals surface area contributed by atoms with E-state index in [0.717, 1.165) is 30.9 Å². The molecule has 55 heavy (non-hydrogen) atoms. The van der Waals surface area contributed by atoms with Crippen LogP contribution in [0.1, 0.15) is 73.0 Å². The topological polar surface area (TPSA) is 170 Å². The Morgan fingerprint density at radius 3 is 2.36 bits per heavy atom. The van der Waals surface area contributed by atoms with Crippen molar-refractivity contribution in [2.75, 3.05) is 45.2 Å². The summed E-state index contributed by atoms with van der Waals surface area (Å²) in [4.78, 5) is 58.1. The number of anilines is 1. The van der Waals surface area contributed by atoms with Gasteiger partial charge in [-0.25, -0.2) is 4.57 Å². The second-order valence-electron chi connectivity index (χ2n) is 14.8. The molecule has 1 aromatic heterocycles. The van der Waals surface area contributed by atoms with Crippen LogP contribution in [-0.2, 0) is 27.5 Å². The fraction of sp³-hybridized carbons (Fsp3) is 0.415. The highest BCUT2D eigenvalue weighted by atomic mass is 16.5. The van der Waals surface area contributed by atoms with Crippen LogP contribution in [0.3, 0.4) is 0 Å². The fourth-order valence-electron chi connectivity index (χ4n) is 8.00. The first-order valence-electron chi connectivity index (χ1n) is 18.9. The number of fused-ring (bicyclic) bond motifs is 1. The Kier molecular flexibility index (Phi) is 10.7. The summed E-state index contributed by atoms with van der Waals surface area (Å²) in [5.41, 5.74) is 4.72. The van der Waals surface area contributed by atoms with Gasteiger partial charge in [-0.2, -0.15) is 0 Å². The molecule has 2 aliphatic heterocycles. The normalized spacial score (nSPS) is 19.3. The van der Waals surface area contributed by atoms with Gasteiger partial charge in [-0.15, -0.1) is 5.10 Å². The third kappa shape index (κ3) is 7.43. The molecule has 1 saturated heterocycles. The van der Waals surface area contributed by atoms with Gasteiger partial charge in [-0.3, -0.25) is 29.0 Å². The maximum Gasteiger partial charge on any atom is 0.321 e. The van der Waals surface area contributed by atoms with Crippen LogP contribution in [0.5, 0.6) is 17.5 Å². The smallest absolute Gasteiger partial charge is 0.321 e. The average Bonchev–Trinajstić information content (AvgIpc) is 3.74. The number of nitrogens with zero attached hydrogens (tertiary/aromatic N) is 6. The number of amides is 2. The number of aromatic hydroxyl groups is 2. The minimum atomic E-state index is -0.659. The molecule has 7 rings (SSSR count). The van der Waals surface area contributed by atoms with E-state index in [1.807, 2.05) is 45.0 Å². The minimum Gasteiger partial charge on any atom is -0.508 e. The van der Waals surface area contributed by atoms with E-state index >= 15 is 0 Å². The zero-order chi connectivity index (χ0) is 39.0. The summed E-state index contributed by atoms with van der Waals surface area (Å²) in [6.07, 6.45) is 1.05. The lowest BCUT2D eigenvalue weighted by atomic mass is 9.81. The molecular weight excluding hydrogens is 702 g/mol. The van der Waals surface area contributed by atoms with Crippen LogP contribution in [0.4, 0.5) is 5.69 Å². The third-order valence-corrected chi connectivity index (χ3v) is 11.0. The van der Waals surface area contributed by atoms with E-state index < -0.39 is 12.0 Å². The highest BCUT2D eigenvalue weighted by Gasteiger charge is 2.43. The van der Waals surface area contributed by atoms with E-state index in [2.05, 4.69) is 25.3 Å². The Morgan fingerprint density at radius 1 is 0.945 bits per heavy atom. The van der Waals surface area contributed by atoms with Gasteiger partial charge in [0, 0.05) is 68.6 Å². The zero-order valence-electron chi connectivity index (χ0n) is 31.6. The summed E-state index contributed by atoms with van der Waals surface area (Å²) >= 11 is 0. The summed E-state index contributed by atoms with van der Waals surface area (Å²) in [5.74, 6) is -0.985. The largest absolute Gasteiger partial charge is 0.508 e. The van der Waals surface area contributed by atoms with Crippen molar-refractivity contribution in [3.63, 3.8) is 0 Å².